The molecule has 1 atom stereocenters. The number of halogens is 1. The van der Waals surface area contributed by atoms with Crippen LogP contribution in [0.1, 0.15) is 35.9 Å². The number of para-hydroxylation sites is 1. The monoisotopic (exact) mass is 417 g/mol. The molecule has 31 heavy (non-hydrogen) atoms. The van der Waals surface area contributed by atoms with Gasteiger partial charge in [0.15, 0.2) is 6.10 Å². The Morgan fingerprint density at radius 1 is 0.871 bits per heavy atom. The van der Waals surface area contributed by atoms with Crippen molar-refractivity contribution >= 4 is 17.4 Å². The van der Waals surface area contributed by atoms with Crippen LogP contribution < -0.4 is 5.32 Å². The van der Waals surface area contributed by atoms with E-state index in [4.69, 9.17) is 4.74 Å². The largest absolute Gasteiger partial charge is 0.481 e. The van der Waals surface area contributed by atoms with Gasteiger partial charge in [-0.05, 0) is 36.4 Å². The van der Waals surface area contributed by atoms with Crippen LogP contribution in [-0.2, 0) is 9.53 Å². The Kier molecular flexibility index (Phi) is 7.33. The third kappa shape index (κ3) is 6.12. The van der Waals surface area contributed by atoms with Crippen LogP contribution in [0.3, 0.4) is 0 Å². The van der Waals surface area contributed by atoms with Gasteiger partial charge in [0.2, 0.25) is 5.78 Å². The predicted octanol–water partition coefficient (Wildman–Crippen LogP) is 5.94. The van der Waals surface area contributed by atoms with Gasteiger partial charge >= 0.3 is 0 Å². The summed E-state index contributed by atoms with van der Waals surface area (Å²) in [6, 6.07) is 23.4. The standard InChI is InChI=1S/C26H24FNO3/c1-18(2)23(17-24(29)28-22-11-7-4-8-12-22)31-26(20-9-5-3-6-10-20)25(30)19-13-15-21(27)16-14-19/h3-18,26H,1-2H3,(H,28,29)/b23-17-. The minimum absolute atomic E-state index is 0.145. The first-order chi connectivity index (χ1) is 14.9. The van der Waals surface area contributed by atoms with E-state index in [-0.39, 0.29) is 17.6 Å². The van der Waals surface area contributed by atoms with Gasteiger partial charge in [0.05, 0.1) is 0 Å². The molecule has 5 heteroatoms. The first kappa shape index (κ1) is 22.0. The van der Waals surface area contributed by atoms with E-state index in [0.717, 1.165) is 0 Å². The number of benzene rings is 3. The second-order valence-electron chi connectivity index (χ2n) is 7.34. The number of ketones is 1. The number of rotatable bonds is 8. The van der Waals surface area contributed by atoms with Crippen LogP contribution in [0.4, 0.5) is 10.1 Å². The zero-order valence-electron chi connectivity index (χ0n) is 17.4. The molecular formula is C26H24FNO3. The summed E-state index contributed by atoms with van der Waals surface area (Å²) < 4.78 is 19.4. The summed E-state index contributed by atoms with van der Waals surface area (Å²) in [6.07, 6.45) is 0.399. The topological polar surface area (TPSA) is 55.4 Å². The first-order valence-electron chi connectivity index (χ1n) is 10.0. The highest BCUT2D eigenvalue weighted by molar-refractivity contribution is 6.01. The fraction of sp³-hybridized carbons (Fsp3) is 0.154. The predicted molar refractivity (Wildman–Crippen MR) is 119 cm³/mol. The van der Waals surface area contributed by atoms with Gasteiger partial charge in [0.25, 0.3) is 5.91 Å². The van der Waals surface area contributed by atoms with Gasteiger partial charge in [-0.25, -0.2) is 4.39 Å². The maximum absolute atomic E-state index is 13.3. The number of hydrogen-bond acceptors (Lipinski definition) is 3. The van der Waals surface area contributed by atoms with Crippen molar-refractivity contribution in [3.8, 4) is 0 Å². The summed E-state index contributed by atoms with van der Waals surface area (Å²) in [7, 11) is 0. The fourth-order valence-electron chi connectivity index (χ4n) is 2.97. The third-order valence-corrected chi connectivity index (χ3v) is 4.61. The van der Waals surface area contributed by atoms with E-state index in [2.05, 4.69) is 5.32 Å². The molecule has 1 amide bonds. The van der Waals surface area contributed by atoms with Gasteiger partial charge in [-0.3, -0.25) is 9.59 Å². The summed E-state index contributed by atoms with van der Waals surface area (Å²) in [4.78, 5) is 25.7. The Morgan fingerprint density at radius 3 is 2.03 bits per heavy atom. The normalized spacial score (nSPS) is 12.3. The molecule has 158 valence electrons. The maximum Gasteiger partial charge on any atom is 0.251 e. The lowest BCUT2D eigenvalue weighted by Gasteiger charge is -2.22. The number of ether oxygens (including phenoxy) is 1. The van der Waals surface area contributed by atoms with Crippen LogP contribution in [0.5, 0.6) is 0 Å². The highest BCUT2D eigenvalue weighted by Crippen LogP contribution is 2.28. The number of amides is 1. The highest BCUT2D eigenvalue weighted by Gasteiger charge is 2.26. The van der Waals surface area contributed by atoms with Crippen molar-refractivity contribution in [1.82, 2.24) is 0 Å². The van der Waals surface area contributed by atoms with Crippen LogP contribution in [0, 0.1) is 11.7 Å². The fourth-order valence-corrected chi connectivity index (χ4v) is 2.97. The van der Waals surface area contributed by atoms with Crippen molar-refractivity contribution in [3.05, 3.63) is 114 Å². The van der Waals surface area contributed by atoms with E-state index in [1.54, 1.807) is 24.3 Å². The second kappa shape index (κ2) is 10.3. The molecule has 0 radical (unpaired) electrons. The number of Topliss-reactive ketones (excluding diaryl/α,β-unsaturated/α-hetero) is 1. The molecule has 0 saturated carbocycles. The molecule has 1 unspecified atom stereocenters. The zero-order valence-corrected chi connectivity index (χ0v) is 17.4. The number of anilines is 1. The Labute approximate surface area is 181 Å². The van der Waals surface area contributed by atoms with Crippen molar-refractivity contribution in [3.63, 3.8) is 0 Å². The molecule has 3 aromatic rings. The molecule has 0 saturated heterocycles. The first-order valence-corrected chi connectivity index (χ1v) is 10.0. The Morgan fingerprint density at radius 2 is 1.45 bits per heavy atom. The van der Waals surface area contributed by atoms with Crippen molar-refractivity contribution in [2.45, 2.75) is 20.0 Å². The Hall–Kier alpha value is -3.73. The lowest BCUT2D eigenvalue weighted by Crippen LogP contribution is -2.19. The smallest absolute Gasteiger partial charge is 0.251 e. The number of carbonyl (C=O) groups excluding carboxylic acids is 2. The Bertz CT molecular complexity index is 1050. The molecule has 1 N–H and O–H groups in total. The van der Waals surface area contributed by atoms with Gasteiger partial charge in [-0.1, -0.05) is 62.4 Å². The molecular weight excluding hydrogens is 393 g/mol. The van der Waals surface area contributed by atoms with Gasteiger partial charge in [0.1, 0.15) is 11.6 Å². The quantitative estimate of drug-likeness (QED) is 0.280. The molecule has 0 bridgehead atoms. The van der Waals surface area contributed by atoms with Crippen LogP contribution >= 0.6 is 0 Å². The maximum atomic E-state index is 13.3. The Balaban J connectivity index is 1.89. The minimum atomic E-state index is -0.968. The highest BCUT2D eigenvalue weighted by atomic mass is 19.1. The van der Waals surface area contributed by atoms with Gasteiger partial charge in [-0.15, -0.1) is 0 Å². The molecule has 3 aromatic carbocycles. The van der Waals surface area contributed by atoms with Crippen molar-refractivity contribution in [2.24, 2.45) is 5.92 Å². The molecule has 0 aromatic heterocycles. The number of carbonyl (C=O) groups is 2. The van der Waals surface area contributed by atoms with Crippen LogP contribution in [0.15, 0.2) is 96.8 Å². The average Bonchev–Trinajstić information content (AvgIpc) is 2.77. The summed E-state index contributed by atoms with van der Waals surface area (Å²) in [6.45, 7) is 3.76. The van der Waals surface area contributed by atoms with Crippen molar-refractivity contribution < 1.29 is 18.7 Å². The van der Waals surface area contributed by atoms with E-state index in [9.17, 15) is 14.0 Å². The van der Waals surface area contributed by atoms with E-state index in [1.807, 2.05) is 50.2 Å². The number of allylic oxidation sites excluding steroid dienone is 1. The van der Waals surface area contributed by atoms with Crippen LogP contribution in [0.25, 0.3) is 0 Å². The van der Waals surface area contributed by atoms with Gasteiger partial charge < -0.3 is 10.1 Å². The number of hydrogen-bond donors (Lipinski definition) is 1. The third-order valence-electron chi connectivity index (χ3n) is 4.61. The molecule has 0 aliphatic carbocycles. The van der Waals surface area contributed by atoms with Crippen molar-refractivity contribution in [1.29, 1.82) is 0 Å². The molecule has 0 heterocycles. The summed E-state index contributed by atoms with van der Waals surface area (Å²) >= 11 is 0. The second-order valence-corrected chi connectivity index (χ2v) is 7.34. The molecule has 4 nitrogen and oxygen atoms in total. The lowest BCUT2D eigenvalue weighted by molar-refractivity contribution is -0.112. The van der Waals surface area contributed by atoms with E-state index in [1.165, 1.54) is 30.3 Å². The molecule has 0 aliphatic rings. The van der Waals surface area contributed by atoms with Crippen LogP contribution in [-0.4, -0.2) is 11.7 Å². The van der Waals surface area contributed by atoms with Crippen LogP contribution in [0.2, 0.25) is 0 Å². The number of nitrogens with one attached hydrogen (secondary N) is 1. The summed E-state index contributed by atoms with van der Waals surface area (Å²) in [5.41, 5.74) is 1.63. The average molecular weight is 417 g/mol. The SMILES string of the molecule is CC(C)/C(=C/C(=O)Nc1ccccc1)OC(C(=O)c1ccc(F)cc1)c1ccccc1. The molecule has 0 aliphatic heterocycles. The molecule has 0 spiro atoms. The van der Waals surface area contributed by atoms with E-state index in [0.29, 0.717) is 22.6 Å². The minimum Gasteiger partial charge on any atom is -0.481 e. The summed E-state index contributed by atoms with van der Waals surface area (Å²) in [5, 5.41) is 2.79. The summed E-state index contributed by atoms with van der Waals surface area (Å²) in [5.74, 6) is -0.863. The molecule has 3 rings (SSSR count). The zero-order chi connectivity index (χ0) is 22.2. The van der Waals surface area contributed by atoms with Gasteiger partial charge in [-0.2, -0.15) is 0 Å². The molecule has 0 fully saturated rings. The van der Waals surface area contributed by atoms with E-state index < -0.39 is 11.9 Å². The lowest BCUT2D eigenvalue weighted by atomic mass is 9.99. The van der Waals surface area contributed by atoms with E-state index >= 15 is 0 Å². The van der Waals surface area contributed by atoms with Crippen molar-refractivity contribution in [2.75, 3.05) is 5.32 Å². The van der Waals surface area contributed by atoms with Gasteiger partial charge in [0, 0.05) is 28.8 Å².